The van der Waals surface area contributed by atoms with E-state index >= 15 is 0 Å². The van der Waals surface area contributed by atoms with Crippen molar-refractivity contribution in [2.24, 2.45) is 5.10 Å². The highest BCUT2D eigenvalue weighted by Gasteiger charge is 2.44. The van der Waals surface area contributed by atoms with Crippen molar-refractivity contribution >= 4 is 28.5 Å². The van der Waals surface area contributed by atoms with E-state index in [0.29, 0.717) is 0 Å². The fourth-order valence-corrected chi connectivity index (χ4v) is 4.87. The standard InChI is InChI=1S/C22H23FN6OS/c1-14-4-2-3-5-17(14)24-20(30)13-31-22-26-25-21-19-12-18(15-6-8-16(23)9-7-15)27-29(19)11-10-28(21)22/h2-11,18-19,21,25,27H,12-13H2,1H3,(H,24,30). The van der Waals surface area contributed by atoms with Gasteiger partial charge in [-0.2, -0.15) is 5.10 Å². The van der Waals surface area contributed by atoms with Gasteiger partial charge in [-0.1, -0.05) is 42.1 Å². The molecule has 1 saturated heterocycles. The minimum atomic E-state index is -0.232. The number of halogens is 1. The van der Waals surface area contributed by atoms with Crippen LogP contribution in [-0.2, 0) is 4.79 Å². The molecule has 3 heterocycles. The highest BCUT2D eigenvalue weighted by molar-refractivity contribution is 8.14. The third-order valence-electron chi connectivity index (χ3n) is 5.73. The number of anilines is 1. The number of rotatable bonds is 4. The zero-order valence-corrected chi connectivity index (χ0v) is 17.8. The summed E-state index contributed by atoms with van der Waals surface area (Å²) in [7, 11) is 0. The number of aryl methyl sites for hydroxylation is 1. The number of para-hydroxylation sites is 1. The van der Waals surface area contributed by atoms with Crippen LogP contribution in [0.4, 0.5) is 10.1 Å². The SMILES string of the molecule is Cc1ccccc1NC(=O)CSC1=NNC2C3CC(c4ccc(F)cc4)NN3C=CN12. The van der Waals surface area contributed by atoms with Gasteiger partial charge in [0.15, 0.2) is 5.17 Å². The number of benzene rings is 2. The normalized spacial score (nSPS) is 23.8. The number of fused-ring (bicyclic) bond motifs is 3. The molecule has 7 nitrogen and oxygen atoms in total. The lowest BCUT2D eigenvalue weighted by Gasteiger charge is -2.36. The molecule has 0 aliphatic carbocycles. The van der Waals surface area contributed by atoms with Crippen LogP contribution in [0.2, 0.25) is 0 Å². The fraction of sp³-hybridized carbons (Fsp3) is 0.273. The van der Waals surface area contributed by atoms with Gasteiger partial charge in [-0.15, -0.1) is 0 Å². The minimum Gasteiger partial charge on any atom is -0.325 e. The molecule has 2 aromatic carbocycles. The largest absolute Gasteiger partial charge is 0.325 e. The van der Waals surface area contributed by atoms with Gasteiger partial charge >= 0.3 is 0 Å². The van der Waals surface area contributed by atoms with Gasteiger partial charge < -0.3 is 15.2 Å². The summed E-state index contributed by atoms with van der Waals surface area (Å²) in [4.78, 5) is 14.5. The van der Waals surface area contributed by atoms with Crippen molar-refractivity contribution in [1.29, 1.82) is 0 Å². The quantitative estimate of drug-likeness (QED) is 0.682. The predicted molar refractivity (Wildman–Crippen MR) is 120 cm³/mol. The summed E-state index contributed by atoms with van der Waals surface area (Å²) in [6.07, 6.45) is 4.78. The highest BCUT2D eigenvalue weighted by atomic mass is 32.2. The maximum Gasteiger partial charge on any atom is 0.234 e. The molecule has 0 saturated carbocycles. The lowest BCUT2D eigenvalue weighted by molar-refractivity contribution is -0.113. The lowest BCUT2D eigenvalue weighted by Crippen LogP contribution is -2.54. The molecule has 1 fully saturated rings. The van der Waals surface area contributed by atoms with E-state index in [-0.39, 0.29) is 35.7 Å². The van der Waals surface area contributed by atoms with Crippen molar-refractivity contribution in [3.8, 4) is 0 Å². The van der Waals surface area contributed by atoms with Crippen LogP contribution >= 0.6 is 11.8 Å². The fourth-order valence-electron chi connectivity index (χ4n) is 4.09. The first-order valence-electron chi connectivity index (χ1n) is 10.2. The van der Waals surface area contributed by atoms with Crippen LogP contribution < -0.4 is 16.2 Å². The van der Waals surface area contributed by atoms with Gasteiger partial charge in [0.05, 0.1) is 17.8 Å². The Morgan fingerprint density at radius 1 is 1.23 bits per heavy atom. The number of amides is 1. The molecule has 3 atom stereocenters. The van der Waals surface area contributed by atoms with Crippen LogP contribution in [0.1, 0.15) is 23.6 Å². The summed E-state index contributed by atoms with van der Waals surface area (Å²) in [6.45, 7) is 1.97. The Kier molecular flexibility index (Phi) is 5.29. The zero-order chi connectivity index (χ0) is 21.4. The predicted octanol–water partition coefficient (Wildman–Crippen LogP) is 3.11. The summed E-state index contributed by atoms with van der Waals surface area (Å²) in [5.41, 5.74) is 9.60. The average Bonchev–Trinajstić information content (AvgIpc) is 3.38. The summed E-state index contributed by atoms with van der Waals surface area (Å²) < 4.78 is 13.3. The van der Waals surface area contributed by atoms with Gasteiger partial charge in [0.2, 0.25) is 5.91 Å². The topological polar surface area (TPSA) is 72.0 Å². The van der Waals surface area contributed by atoms with Crippen molar-refractivity contribution in [2.45, 2.75) is 31.6 Å². The molecular formula is C22H23FN6OS. The molecule has 160 valence electrons. The Bertz CT molecular complexity index is 1040. The van der Waals surface area contributed by atoms with Gasteiger partial charge in [0.1, 0.15) is 12.0 Å². The van der Waals surface area contributed by atoms with E-state index in [2.05, 4.69) is 31.2 Å². The second-order valence-corrected chi connectivity index (χ2v) is 8.71. The number of hydrogen-bond acceptors (Lipinski definition) is 7. The minimum absolute atomic E-state index is 0.0233. The Labute approximate surface area is 184 Å². The number of hydrazone groups is 1. The Morgan fingerprint density at radius 3 is 2.84 bits per heavy atom. The Balaban J connectivity index is 1.19. The third-order valence-corrected chi connectivity index (χ3v) is 6.70. The van der Waals surface area contributed by atoms with Crippen molar-refractivity contribution in [1.82, 2.24) is 20.8 Å². The molecule has 3 aliphatic rings. The smallest absolute Gasteiger partial charge is 0.234 e. The highest BCUT2D eigenvalue weighted by Crippen LogP contribution is 2.35. The van der Waals surface area contributed by atoms with Crippen LogP contribution in [0.15, 0.2) is 66.0 Å². The number of nitrogens with zero attached hydrogens (tertiary/aromatic N) is 3. The van der Waals surface area contributed by atoms with E-state index in [1.165, 1.54) is 23.9 Å². The number of nitrogens with one attached hydrogen (secondary N) is 3. The van der Waals surface area contributed by atoms with E-state index in [4.69, 9.17) is 0 Å². The molecule has 5 rings (SSSR count). The molecule has 1 amide bonds. The average molecular weight is 439 g/mol. The van der Waals surface area contributed by atoms with Gasteiger partial charge in [0, 0.05) is 18.1 Å². The molecule has 0 aromatic heterocycles. The summed E-state index contributed by atoms with van der Waals surface area (Å²) >= 11 is 1.41. The first-order valence-corrected chi connectivity index (χ1v) is 11.2. The second-order valence-electron chi connectivity index (χ2n) is 7.77. The number of hydrazine groups is 1. The first-order chi connectivity index (χ1) is 15.1. The zero-order valence-electron chi connectivity index (χ0n) is 17.0. The summed E-state index contributed by atoms with van der Waals surface area (Å²) in [6, 6.07) is 14.6. The molecule has 0 bridgehead atoms. The number of hydrogen-bond donors (Lipinski definition) is 3. The van der Waals surface area contributed by atoms with Gasteiger partial charge in [0.25, 0.3) is 0 Å². The van der Waals surface area contributed by atoms with Crippen LogP contribution in [-0.4, -0.2) is 38.9 Å². The monoisotopic (exact) mass is 438 g/mol. The Hall–Kier alpha value is -3.04. The molecule has 3 N–H and O–H groups in total. The molecule has 3 unspecified atom stereocenters. The van der Waals surface area contributed by atoms with Crippen molar-refractivity contribution in [3.05, 3.63) is 77.9 Å². The van der Waals surface area contributed by atoms with E-state index in [1.54, 1.807) is 0 Å². The first kappa shape index (κ1) is 19.9. The number of carbonyl (C=O) groups excluding carboxylic acids is 1. The van der Waals surface area contributed by atoms with E-state index in [9.17, 15) is 9.18 Å². The lowest BCUT2D eigenvalue weighted by atomic mass is 10.00. The van der Waals surface area contributed by atoms with E-state index in [0.717, 1.165) is 28.4 Å². The molecule has 9 heteroatoms. The third kappa shape index (κ3) is 3.98. The van der Waals surface area contributed by atoms with Crippen molar-refractivity contribution < 1.29 is 9.18 Å². The second kappa shape index (κ2) is 8.24. The number of carbonyl (C=O) groups is 1. The number of amidine groups is 1. The molecule has 3 aliphatic heterocycles. The molecule has 0 radical (unpaired) electrons. The molecule has 2 aromatic rings. The maximum atomic E-state index is 13.3. The molecular weight excluding hydrogens is 415 g/mol. The van der Waals surface area contributed by atoms with Crippen LogP contribution in [0.5, 0.6) is 0 Å². The Morgan fingerprint density at radius 2 is 2.03 bits per heavy atom. The van der Waals surface area contributed by atoms with E-state index < -0.39 is 0 Å². The molecule has 0 spiro atoms. The van der Waals surface area contributed by atoms with Crippen molar-refractivity contribution in [3.63, 3.8) is 0 Å². The van der Waals surface area contributed by atoms with Gasteiger partial charge in [-0.25, -0.2) is 9.82 Å². The molecule has 31 heavy (non-hydrogen) atoms. The number of thioether (sulfide) groups is 1. The van der Waals surface area contributed by atoms with Crippen LogP contribution in [0.25, 0.3) is 0 Å². The summed E-state index contributed by atoms with van der Waals surface area (Å²) in [5.74, 6) is -0.0204. The summed E-state index contributed by atoms with van der Waals surface area (Å²) in [5, 5.41) is 10.3. The van der Waals surface area contributed by atoms with Gasteiger partial charge in [-0.3, -0.25) is 10.2 Å². The van der Waals surface area contributed by atoms with Gasteiger partial charge in [-0.05, 0) is 42.7 Å². The van der Waals surface area contributed by atoms with Crippen LogP contribution in [0, 0.1) is 12.7 Å². The maximum absolute atomic E-state index is 13.3. The van der Waals surface area contributed by atoms with Crippen LogP contribution in [0.3, 0.4) is 0 Å². The van der Waals surface area contributed by atoms with E-state index in [1.807, 2.05) is 55.7 Å². The van der Waals surface area contributed by atoms with Crippen molar-refractivity contribution in [2.75, 3.05) is 11.1 Å².